The maximum absolute atomic E-state index is 2.39. The summed E-state index contributed by atoms with van der Waals surface area (Å²) in [7, 11) is 0. The van der Waals surface area contributed by atoms with Gasteiger partial charge < -0.3 is 4.57 Å². The monoisotopic (exact) mass is 569 g/mol. The van der Waals surface area contributed by atoms with Gasteiger partial charge in [-0.2, -0.15) is 0 Å². The third-order valence-corrected chi connectivity index (χ3v) is 9.75. The van der Waals surface area contributed by atoms with E-state index >= 15 is 0 Å². The average molecular weight is 570 g/mol. The first kappa shape index (κ1) is 24.5. The number of fused-ring (bicyclic) bond motifs is 10. The van der Waals surface area contributed by atoms with Crippen molar-refractivity contribution in [2.45, 2.75) is 0 Å². The summed E-state index contributed by atoms with van der Waals surface area (Å²) in [6, 6.07) is 60.3. The summed E-state index contributed by atoms with van der Waals surface area (Å²) >= 11 is 0. The fourth-order valence-electron chi connectivity index (χ4n) is 7.91. The van der Waals surface area contributed by atoms with Crippen LogP contribution in [0.5, 0.6) is 0 Å². The maximum atomic E-state index is 2.39. The summed E-state index contributed by atoms with van der Waals surface area (Å²) < 4.78 is 2.39. The molecule has 1 heterocycles. The normalized spacial score (nSPS) is 12.0. The fraction of sp³-hybridized carbons (Fsp3) is 0. The molecule has 0 saturated heterocycles. The molecule has 45 heavy (non-hydrogen) atoms. The van der Waals surface area contributed by atoms with Gasteiger partial charge in [-0.1, -0.05) is 140 Å². The summed E-state index contributed by atoms with van der Waals surface area (Å²) in [6.07, 6.45) is 0. The highest BCUT2D eigenvalue weighted by atomic mass is 15.0. The van der Waals surface area contributed by atoms with Crippen LogP contribution in [0.15, 0.2) is 164 Å². The molecule has 1 aromatic heterocycles. The number of nitrogens with zero attached hydrogens (tertiary/aromatic N) is 1. The minimum atomic E-state index is 1.17. The van der Waals surface area contributed by atoms with E-state index in [9.17, 15) is 0 Å². The van der Waals surface area contributed by atoms with Gasteiger partial charge >= 0.3 is 0 Å². The van der Waals surface area contributed by atoms with Crippen LogP contribution >= 0.6 is 0 Å². The molecule has 208 valence electrons. The second kappa shape index (κ2) is 9.29. The van der Waals surface area contributed by atoms with Crippen LogP contribution in [0.1, 0.15) is 0 Å². The van der Waals surface area contributed by atoms with Gasteiger partial charge in [0.05, 0.1) is 11.0 Å². The van der Waals surface area contributed by atoms with Gasteiger partial charge in [-0.05, 0) is 90.3 Å². The maximum Gasteiger partial charge on any atom is 0.0541 e. The topological polar surface area (TPSA) is 4.93 Å². The summed E-state index contributed by atoms with van der Waals surface area (Å²) in [6.45, 7) is 0. The van der Waals surface area contributed by atoms with Crippen LogP contribution in [-0.2, 0) is 0 Å². The van der Waals surface area contributed by atoms with Crippen molar-refractivity contribution in [1.82, 2.24) is 4.57 Å². The van der Waals surface area contributed by atoms with Crippen molar-refractivity contribution in [2.75, 3.05) is 0 Å². The Labute approximate surface area is 261 Å². The van der Waals surface area contributed by atoms with Gasteiger partial charge in [-0.25, -0.2) is 0 Å². The van der Waals surface area contributed by atoms with E-state index in [1.807, 2.05) is 0 Å². The first-order valence-electron chi connectivity index (χ1n) is 15.6. The van der Waals surface area contributed by atoms with E-state index in [2.05, 4.69) is 168 Å². The smallest absolute Gasteiger partial charge is 0.0541 e. The van der Waals surface area contributed by atoms with E-state index in [0.717, 1.165) is 0 Å². The van der Waals surface area contributed by atoms with Crippen molar-refractivity contribution in [1.29, 1.82) is 0 Å². The van der Waals surface area contributed by atoms with Crippen LogP contribution in [-0.4, -0.2) is 4.57 Å². The lowest BCUT2D eigenvalue weighted by atomic mass is 9.84. The second-order valence-corrected chi connectivity index (χ2v) is 12.0. The van der Waals surface area contributed by atoms with Crippen molar-refractivity contribution in [2.24, 2.45) is 0 Å². The lowest BCUT2D eigenvalue weighted by Gasteiger charge is -2.19. The standard InChI is InChI=1S/C44H27N/c1-2-13-32-30(12-1)31-14-3-4-17-35(31)43-38-19-6-5-18-37(38)42(39-21-11-20-36(32)44(39)43)28-24-26-29(27-25-28)45-40-22-9-7-15-33(40)34-16-8-10-23-41(34)45/h1-27H. The van der Waals surface area contributed by atoms with Gasteiger partial charge in [0.2, 0.25) is 0 Å². The highest BCUT2D eigenvalue weighted by Crippen LogP contribution is 2.52. The molecule has 0 radical (unpaired) electrons. The molecular formula is C44H27N. The number of hydrogen-bond donors (Lipinski definition) is 0. The Kier molecular flexibility index (Phi) is 5.06. The minimum absolute atomic E-state index is 1.17. The first-order valence-corrected chi connectivity index (χ1v) is 15.6. The highest BCUT2D eigenvalue weighted by molar-refractivity contribution is 6.27. The Balaban J connectivity index is 1.28. The van der Waals surface area contributed by atoms with Gasteiger partial charge in [0.25, 0.3) is 0 Å². The van der Waals surface area contributed by atoms with Crippen molar-refractivity contribution >= 4 is 43.4 Å². The molecule has 0 atom stereocenters. The van der Waals surface area contributed by atoms with Gasteiger partial charge in [0.1, 0.15) is 0 Å². The number of rotatable bonds is 2. The predicted molar refractivity (Wildman–Crippen MR) is 191 cm³/mol. The molecule has 1 aliphatic carbocycles. The lowest BCUT2D eigenvalue weighted by Crippen LogP contribution is -1.95. The van der Waals surface area contributed by atoms with E-state index in [4.69, 9.17) is 0 Å². The molecule has 1 heteroatoms. The molecule has 0 saturated carbocycles. The SMILES string of the molecule is c1ccc2c(c1)-c1ccccc1-c1c3ccccc3c(-c3ccc(-n4c5ccccc5c5ccccc54)cc3)c3cccc-2c13. The van der Waals surface area contributed by atoms with Gasteiger partial charge in [0.15, 0.2) is 0 Å². The van der Waals surface area contributed by atoms with E-state index in [0.29, 0.717) is 0 Å². The Bertz CT molecular complexity index is 2580. The molecule has 0 fully saturated rings. The van der Waals surface area contributed by atoms with Crippen LogP contribution in [0.3, 0.4) is 0 Å². The zero-order chi connectivity index (χ0) is 29.5. The Morgan fingerprint density at radius 2 is 0.733 bits per heavy atom. The third-order valence-electron chi connectivity index (χ3n) is 9.75. The number of aromatic nitrogens is 1. The van der Waals surface area contributed by atoms with E-state index < -0.39 is 0 Å². The van der Waals surface area contributed by atoms with Crippen molar-refractivity contribution in [3.63, 3.8) is 0 Å². The van der Waals surface area contributed by atoms with E-state index in [1.165, 1.54) is 93.5 Å². The highest BCUT2D eigenvalue weighted by Gasteiger charge is 2.25. The Hall–Kier alpha value is -5.92. The zero-order valence-electron chi connectivity index (χ0n) is 24.5. The fourth-order valence-corrected chi connectivity index (χ4v) is 7.91. The first-order chi connectivity index (χ1) is 22.4. The molecule has 10 rings (SSSR count). The number of hydrogen-bond acceptors (Lipinski definition) is 0. The molecule has 0 unspecified atom stereocenters. The van der Waals surface area contributed by atoms with Gasteiger partial charge in [0, 0.05) is 16.5 Å². The minimum Gasteiger partial charge on any atom is -0.309 e. The molecular weight excluding hydrogens is 542 g/mol. The summed E-state index contributed by atoms with van der Waals surface area (Å²) in [5, 5.41) is 7.75. The second-order valence-electron chi connectivity index (χ2n) is 12.0. The van der Waals surface area contributed by atoms with Crippen molar-refractivity contribution < 1.29 is 0 Å². The average Bonchev–Trinajstić information content (AvgIpc) is 3.38. The Morgan fingerprint density at radius 3 is 1.38 bits per heavy atom. The molecule has 0 aliphatic heterocycles. The van der Waals surface area contributed by atoms with E-state index in [1.54, 1.807) is 0 Å². The molecule has 0 N–H and O–H groups in total. The van der Waals surface area contributed by atoms with Crippen LogP contribution in [0.2, 0.25) is 0 Å². The van der Waals surface area contributed by atoms with Gasteiger partial charge in [-0.3, -0.25) is 0 Å². The Morgan fingerprint density at radius 1 is 0.289 bits per heavy atom. The summed E-state index contributed by atoms with van der Waals surface area (Å²) in [5.74, 6) is 0. The van der Waals surface area contributed by atoms with Crippen molar-refractivity contribution in [3.8, 4) is 50.2 Å². The third kappa shape index (κ3) is 3.38. The van der Waals surface area contributed by atoms with Crippen LogP contribution in [0.25, 0.3) is 93.5 Å². The molecule has 0 bridgehead atoms. The molecule has 0 amide bonds. The van der Waals surface area contributed by atoms with Crippen LogP contribution in [0, 0.1) is 0 Å². The van der Waals surface area contributed by atoms with E-state index in [-0.39, 0.29) is 0 Å². The summed E-state index contributed by atoms with van der Waals surface area (Å²) in [5.41, 5.74) is 13.9. The van der Waals surface area contributed by atoms with Gasteiger partial charge in [-0.15, -0.1) is 0 Å². The summed E-state index contributed by atoms with van der Waals surface area (Å²) in [4.78, 5) is 0. The zero-order valence-corrected chi connectivity index (χ0v) is 24.5. The van der Waals surface area contributed by atoms with Crippen LogP contribution < -0.4 is 0 Å². The van der Waals surface area contributed by atoms with Crippen molar-refractivity contribution in [3.05, 3.63) is 164 Å². The number of para-hydroxylation sites is 2. The molecule has 8 aromatic carbocycles. The molecule has 1 aliphatic rings. The molecule has 0 spiro atoms. The molecule has 9 aromatic rings. The largest absolute Gasteiger partial charge is 0.309 e. The quantitative estimate of drug-likeness (QED) is 0.183. The lowest BCUT2D eigenvalue weighted by molar-refractivity contribution is 1.18. The van der Waals surface area contributed by atoms with Crippen LogP contribution in [0.4, 0.5) is 0 Å². The number of benzene rings is 8. The predicted octanol–water partition coefficient (Wildman–Crippen LogP) is 12.1. The molecule has 1 nitrogen and oxygen atoms in total.